The monoisotopic (exact) mass is 372 g/mol. The van der Waals surface area contributed by atoms with E-state index in [1.165, 1.54) is 0 Å². The van der Waals surface area contributed by atoms with E-state index in [0.717, 1.165) is 21.3 Å². The van der Waals surface area contributed by atoms with E-state index in [9.17, 15) is 4.79 Å². The molecule has 0 saturated heterocycles. The lowest BCUT2D eigenvalue weighted by Gasteiger charge is -2.16. The molecule has 2 N–H and O–H groups in total. The highest BCUT2D eigenvalue weighted by Crippen LogP contribution is 2.21. The van der Waals surface area contributed by atoms with Crippen LogP contribution in [0.5, 0.6) is 0 Å². The number of carbonyl (C=O) groups is 1. The molecule has 21 heavy (non-hydrogen) atoms. The fraction of sp³-hybridized carbons (Fsp3) is 0.286. The molecular formula is C14H18BrClN4O. The molecule has 7 heteroatoms. The Hall–Kier alpha value is -1.37. The zero-order valence-corrected chi connectivity index (χ0v) is 14.5. The van der Waals surface area contributed by atoms with E-state index in [2.05, 4.69) is 31.7 Å². The number of carbonyl (C=O) groups excluding carboxylic acids is 1. The Labute approximate surface area is 138 Å². The van der Waals surface area contributed by atoms with E-state index >= 15 is 0 Å². The van der Waals surface area contributed by atoms with Crippen molar-refractivity contribution in [3.63, 3.8) is 0 Å². The number of amides is 1. The van der Waals surface area contributed by atoms with Gasteiger partial charge in [-0.15, -0.1) is 12.4 Å². The number of hydrogen-bond acceptors (Lipinski definition) is 3. The van der Waals surface area contributed by atoms with Crippen LogP contribution in [0.15, 0.2) is 35.1 Å². The Bertz CT molecular complexity index is 629. The number of hydrogen-bond donors (Lipinski definition) is 2. The maximum atomic E-state index is 12.4. The lowest BCUT2D eigenvalue weighted by Crippen LogP contribution is -2.30. The second-order valence-corrected chi connectivity index (χ2v) is 5.53. The van der Waals surface area contributed by atoms with Crippen molar-refractivity contribution in [1.82, 2.24) is 15.1 Å². The summed E-state index contributed by atoms with van der Waals surface area (Å²) >= 11 is 3.41. The van der Waals surface area contributed by atoms with Crippen LogP contribution in [0.3, 0.4) is 0 Å². The van der Waals surface area contributed by atoms with E-state index in [-0.39, 0.29) is 18.3 Å². The molecular weight excluding hydrogens is 356 g/mol. The Morgan fingerprint density at radius 1 is 1.43 bits per heavy atom. The summed E-state index contributed by atoms with van der Waals surface area (Å²) in [5, 5.41) is 10.0. The van der Waals surface area contributed by atoms with Crippen LogP contribution in [0.1, 0.15) is 17.2 Å². The SMILES string of the molecule is CNC(C(=O)Nc1ccc(Br)cc1C)c1cnn(C)c1.Cl. The van der Waals surface area contributed by atoms with Gasteiger partial charge in [0.25, 0.3) is 0 Å². The molecule has 1 heterocycles. The quantitative estimate of drug-likeness (QED) is 0.866. The van der Waals surface area contributed by atoms with Gasteiger partial charge in [-0.3, -0.25) is 9.48 Å². The van der Waals surface area contributed by atoms with Crippen molar-refractivity contribution in [2.75, 3.05) is 12.4 Å². The molecule has 0 spiro atoms. The number of likely N-dealkylation sites (N-methyl/N-ethyl adjacent to an activating group) is 1. The van der Waals surface area contributed by atoms with Crippen LogP contribution in [-0.2, 0) is 11.8 Å². The number of nitrogens with zero attached hydrogens (tertiary/aromatic N) is 2. The molecule has 0 fully saturated rings. The summed E-state index contributed by atoms with van der Waals surface area (Å²) in [6, 6.07) is 5.33. The van der Waals surface area contributed by atoms with Gasteiger partial charge in [0.1, 0.15) is 6.04 Å². The fourth-order valence-electron chi connectivity index (χ4n) is 2.01. The van der Waals surface area contributed by atoms with Crippen molar-refractivity contribution in [1.29, 1.82) is 0 Å². The molecule has 1 amide bonds. The van der Waals surface area contributed by atoms with Crippen LogP contribution >= 0.6 is 28.3 Å². The van der Waals surface area contributed by atoms with Gasteiger partial charge in [-0.25, -0.2) is 0 Å². The normalized spacial score (nSPS) is 11.6. The third kappa shape index (κ3) is 4.30. The summed E-state index contributed by atoms with van der Waals surface area (Å²) in [6.45, 7) is 1.96. The second kappa shape index (κ2) is 7.59. The number of rotatable bonds is 4. The molecule has 0 aliphatic heterocycles. The molecule has 0 radical (unpaired) electrons. The highest BCUT2D eigenvalue weighted by atomic mass is 79.9. The van der Waals surface area contributed by atoms with Crippen LogP contribution < -0.4 is 10.6 Å². The lowest BCUT2D eigenvalue weighted by molar-refractivity contribution is -0.118. The minimum absolute atomic E-state index is 0. The van der Waals surface area contributed by atoms with Crippen molar-refractivity contribution >= 4 is 39.9 Å². The average molecular weight is 374 g/mol. The molecule has 1 aromatic carbocycles. The highest BCUT2D eigenvalue weighted by Gasteiger charge is 2.20. The van der Waals surface area contributed by atoms with Crippen molar-refractivity contribution in [2.24, 2.45) is 7.05 Å². The maximum absolute atomic E-state index is 12.4. The van der Waals surface area contributed by atoms with E-state index in [1.807, 2.05) is 38.4 Å². The third-order valence-corrected chi connectivity index (χ3v) is 3.55. The molecule has 0 bridgehead atoms. The first kappa shape index (κ1) is 17.7. The summed E-state index contributed by atoms with van der Waals surface area (Å²) in [5.41, 5.74) is 2.65. The number of nitrogens with one attached hydrogen (secondary N) is 2. The predicted molar refractivity (Wildman–Crippen MR) is 89.8 cm³/mol. The van der Waals surface area contributed by atoms with E-state index in [4.69, 9.17) is 0 Å². The molecule has 1 aromatic heterocycles. The predicted octanol–water partition coefficient (Wildman–Crippen LogP) is 2.81. The van der Waals surface area contributed by atoms with Crippen molar-refractivity contribution in [2.45, 2.75) is 13.0 Å². The van der Waals surface area contributed by atoms with Crippen LogP contribution in [0.4, 0.5) is 5.69 Å². The minimum Gasteiger partial charge on any atom is -0.324 e. The van der Waals surface area contributed by atoms with E-state index < -0.39 is 6.04 Å². The van der Waals surface area contributed by atoms with Gasteiger partial charge in [0.05, 0.1) is 6.20 Å². The topological polar surface area (TPSA) is 59.0 Å². The van der Waals surface area contributed by atoms with Gasteiger partial charge < -0.3 is 10.6 Å². The first-order valence-corrected chi connectivity index (χ1v) is 7.03. The number of halogens is 2. The molecule has 0 saturated carbocycles. The van der Waals surface area contributed by atoms with Gasteiger partial charge in [-0.05, 0) is 37.7 Å². The molecule has 2 aromatic rings. The smallest absolute Gasteiger partial charge is 0.246 e. The molecule has 2 rings (SSSR count). The average Bonchev–Trinajstić information content (AvgIpc) is 2.80. The van der Waals surface area contributed by atoms with Crippen LogP contribution in [0.2, 0.25) is 0 Å². The number of anilines is 1. The van der Waals surface area contributed by atoms with Gasteiger partial charge >= 0.3 is 0 Å². The Balaban J connectivity index is 0.00000220. The van der Waals surface area contributed by atoms with Gasteiger partial charge in [0.2, 0.25) is 5.91 Å². The molecule has 1 atom stereocenters. The Kier molecular flexibility index (Phi) is 6.39. The van der Waals surface area contributed by atoms with Gasteiger partial charge in [0.15, 0.2) is 0 Å². The zero-order valence-electron chi connectivity index (χ0n) is 12.1. The Morgan fingerprint density at radius 2 is 2.14 bits per heavy atom. The van der Waals surface area contributed by atoms with E-state index in [0.29, 0.717) is 0 Å². The van der Waals surface area contributed by atoms with Gasteiger partial charge in [0, 0.05) is 29.0 Å². The van der Waals surface area contributed by atoms with Crippen molar-refractivity contribution in [3.8, 4) is 0 Å². The number of aryl methyl sites for hydroxylation is 2. The van der Waals surface area contributed by atoms with Crippen molar-refractivity contribution in [3.05, 3.63) is 46.2 Å². The largest absolute Gasteiger partial charge is 0.324 e. The van der Waals surface area contributed by atoms with Gasteiger partial charge in [-0.1, -0.05) is 15.9 Å². The maximum Gasteiger partial charge on any atom is 0.246 e. The first-order valence-electron chi connectivity index (χ1n) is 6.24. The number of aromatic nitrogens is 2. The van der Waals surface area contributed by atoms with Gasteiger partial charge in [-0.2, -0.15) is 5.10 Å². The lowest BCUT2D eigenvalue weighted by atomic mass is 10.1. The summed E-state index contributed by atoms with van der Waals surface area (Å²) in [5.74, 6) is -0.106. The van der Waals surface area contributed by atoms with E-state index in [1.54, 1.807) is 17.9 Å². The van der Waals surface area contributed by atoms with Crippen LogP contribution in [0.25, 0.3) is 0 Å². The van der Waals surface area contributed by atoms with Crippen LogP contribution in [0, 0.1) is 6.92 Å². The molecule has 1 unspecified atom stereocenters. The molecule has 0 aliphatic carbocycles. The van der Waals surface area contributed by atoms with Crippen molar-refractivity contribution < 1.29 is 4.79 Å². The minimum atomic E-state index is -0.424. The standard InChI is InChI=1S/C14H17BrN4O.ClH/c1-9-6-11(15)4-5-12(9)18-14(20)13(16-2)10-7-17-19(3)8-10;/h4-8,13,16H,1-3H3,(H,18,20);1H. The molecule has 114 valence electrons. The third-order valence-electron chi connectivity index (χ3n) is 3.06. The second-order valence-electron chi connectivity index (χ2n) is 4.62. The summed E-state index contributed by atoms with van der Waals surface area (Å²) in [7, 11) is 3.58. The summed E-state index contributed by atoms with van der Waals surface area (Å²) in [6.07, 6.45) is 3.52. The number of benzene rings is 1. The summed E-state index contributed by atoms with van der Waals surface area (Å²) < 4.78 is 2.67. The molecule has 0 aliphatic rings. The zero-order chi connectivity index (χ0) is 14.7. The highest BCUT2D eigenvalue weighted by molar-refractivity contribution is 9.10. The van der Waals surface area contributed by atoms with Crippen LogP contribution in [-0.4, -0.2) is 22.7 Å². The summed E-state index contributed by atoms with van der Waals surface area (Å²) in [4.78, 5) is 12.4. The molecule has 5 nitrogen and oxygen atoms in total. The Morgan fingerprint density at radius 3 is 2.67 bits per heavy atom. The fourth-order valence-corrected chi connectivity index (χ4v) is 2.49. The first-order chi connectivity index (χ1) is 9.51.